The number of hydrogen-bond acceptors (Lipinski definition) is 7. The van der Waals surface area contributed by atoms with Gasteiger partial charge in [-0.15, -0.1) is 0 Å². The first-order valence-corrected chi connectivity index (χ1v) is 14.3. The zero-order chi connectivity index (χ0) is 28.6. The van der Waals surface area contributed by atoms with Gasteiger partial charge in [-0.25, -0.2) is 9.59 Å². The van der Waals surface area contributed by atoms with Crippen molar-refractivity contribution >= 4 is 17.8 Å². The lowest BCUT2D eigenvalue weighted by atomic mass is 10.0. The van der Waals surface area contributed by atoms with Crippen molar-refractivity contribution in [1.82, 2.24) is 29.6 Å². The molecule has 2 unspecified atom stereocenters. The van der Waals surface area contributed by atoms with Gasteiger partial charge in [-0.2, -0.15) is 4.98 Å². The van der Waals surface area contributed by atoms with Crippen molar-refractivity contribution in [1.29, 1.82) is 0 Å². The number of hydrogen-bond donors (Lipinski definition) is 3. The molecule has 3 fully saturated rings. The fourth-order valence-electron chi connectivity index (χ4n) is 6.22. The van der Waals surface area contributed by atoms with Crippen LogP contribution in [0, 0.1) is 17.8 Å². The number of amides is 3. The number of anilines is 1. The van der Waals surface area contributed by atoms with E-state index in [1.54, 1.807) is 35.9 Å². The van der Waals surface area contributed by atoms with Crippen LogP contribution in [0.5, 0.6) is 0 Å². The molecule has 0 spiro atoms. The van der Waals surface area contributed by atoms with Crippen LogP contribution in [0.3, 0.4) is 0 Å². The molecule has 0 radical (unpaired) electrons. The van der Waals surface area contributed by atoms with Crippen LogP contribution in [0.15, 0.2) is 41.3 Å². The average Bonchev–Trinajstić information content (AvgIpc) is 3.35. The molecule has 1 saturated carbocycles. The van der Waals surface area contributed by atoms with E-state index in [1.807, 2.05) is 19.2 Å². The van der Waals surface area contributed by atoms with Gasteiger partial charge in [0.1, 0.15) is 5.82 Å². The molecule has 11 nitrogen and oxygen atoms in total. The Morgan fingerprint density at radius 2 is 1.68 bits per heavy atom. The molecule has 1 aromatic carbocycles. The molecule has 11 heteroatoms. The second-order valence-electron chi connectivity index (χ2n) is 12.1. The molecule has 5 rings (SSSR count). The lowest BCUT2D eigenvalue weighted by molar-refractivity contribution is -0.137. The van der Waals surface area contributed by atoms with Crippen molar-refractivity contribution in [3.05, 3.63) is 52.6 Å². The summed E-state index contributed by atoms with van der Waals surface area (Å²) in [6, 6.07) is 9.78. The van der Waals surface area contributed by atoms with Gasteiger partial charge in [0, 0.05) is 51.5 Å². The van der Waals surface area contributed by atoms with Crippen LogP contribution in [0.1, 0.15) is 26.3 Å². The molecule has 4 N–H and O–H groups in total. The molecule has 40 heavy (non-hydrogen) atoms. The van der Waals surface area contributed by atoms with Crippen molar-refractivity contribution in [2.75, 3.05) is 58.2 Å². The van der Waals surface area contributed by atoms with Crippen molar-refractivity contribution in [2.45, 2.75) is 38.8 Å². The van der Waals surface area contributed by atoms with Crippen LogP contribution in [0.4, 0.5) is 10.6 Å². The summed E-state index contributed by atoms with van der Waals surface area (Å²) in [6.45, 7) is 10.8. The minimum absolute atomic E-state index is 0.137. The minimum atomic E-state index is -0.943. The Balaban J connectivity index is 1.12. The third-order valence-electron chi connectivity index (χ3n) is 8.65. The largest absolute Gasteiger partial charge is 0.354 e. The Hall–Kier alpha value is -3.28. The SMILES string of the molecule is CNCC1[C@H]2CN(C(C)Cc3ccc(-n4ccc(NC(=O)N5CCN(C(=O)C(C)(C)N)CC5)nc4=O)cc3)C[C@@H]12. The zero-order valence-electron chi connectivity index (χ0n) is 24.0. The molecule has 4 atom stereocenters. The quantitative estimate of drug-likeness (QED) is 0.447. The summed E-state index contributed by atoms with van der Waals surface area (Å²) in [5.41, 5.74) is 6.48. The normalized spacial score (nSPS) is 23.6. The summed E-state index contributed by atoms with van der Waals surface area (Å²) in [4.78, 5) is 47.8. The Kier molecular flexibility index (Phi) is 7.98. The fraction of sp³-hybridized carbons (Fsp3) is 0.586. The van der Waals surface area contributed by atoms with E-state index in [1.165, 1.54) is 23.2 Å². The zero-order valence-corrected chi connectivity index (χ0v) is 24.0. The van der Waals surface area contributed by atoms with Crippen LogP contribution in [-0.2, 0) is 11.2 Å². The van der Waals surface area contributed by atoms with E-state index in [-0.39, 0.29) is 17.8 Å². The number of carbonyl (C=O) groups excluding carboxylic acids is 2. The molecule has 3 heterocycles. The predicted octanol–water partition coefficient (Wildman–Crippen LogP) is 0.974. The topological polar surface area (TPSA) is 129 Å². The molecule has 2 aromatic rings. The number of piperazine rings is 1. The molecule has 3 amide bonds. The standard InChI is InChI=1S/C29H42N8O3/c1-19(36-17-23-22(16-31-4)24(23)18-36)15-20-5-7-21(8-6-20)37-10-9-25(33-28(37)40)32-27(39)35-13-11-34(12-14-35)26(38)29(2,3)30/h5-10,19,22-24,31H,11-18,30H2,1-4H3,(H,32,33,39,40)/t19?,22?,23-,24+. The number of urea groups is 1. The van der Waals surface area contributed by atoms with E-state index < -0.39 is 11.2 Å². The maximum Gasteiger partial charge on any atom is 0.354 e. The Labute approximate surface area is 235 Å². The van der Waals surface area contributed by atoms with Gasteiger partial charge in [0.05, 0.1) is 11.2 Å². The van der Waals surface area contributed by atoms with Crippen LogP contribution < -0.4 is 22.1 Å². The van der Waals surface area contributed by atoms with Crippen LogP contribution in [-0.4, -0.2) is 101 Å². The number of fused-ring (bicyclic) bond motifs is 1. The van der Waals surface area contributed by atoms with Crippen molar-refractivity contribution < 1.29 is 9.59 Å². The van der Waals surface area contributed by atoms with Crippen LogP contribution in [0.25, 0.3) is 5.69 Å². The lowest BCUT2D eigenvalue weighted by Crippen LogP contribution is -2.58. The summed E-state index contributed by atoms with van der Waals surface area (Å²) in [5.74, 6) is 2.63. The third-order valence-corrected chi connectivity index (χ3v) is 8.65. The second-order valence-corrected chi connectivity index (χ2v) is 12.1. The van der Waals surface area contributed by atoms with Gasteiger partial charge in [-0.3, -0.25) is 19.6 Å². The van der Waals surface area contributed by atoms with E-state index in [0.29, 0.717) is 32.2 Å². The number of piperidine rings is 1. The number of nitrogens with zero attached hydrogens (tertiary/aromatic N) is 5. The predicted molar refractivity (Wildman–Crippen MR) is 154 cm³/mol. The molecule has 216 valence electrons. The molecular weight excluding hydrogens is 508 g/mol. The number of aromatic nitrogens is 2. The van der Waals surface area contributed by atoms with Crippen LogP contribution in [0.2, 0.25) is 0 Å². The summed E-state index contributed by atoms with van der Waals surface area (Å²) >= 11 is 0. The maximum absolute atomic E-state index is 12.8. The Morgan fingerprint density at radius 1 is 1.05 bits per heavy atom. The highest BCUT2D eigenvalue weighted by Gasteiger charge is 2.55. The van der Waals surface area contributed by atoms with Gasteiger partial charge < -0.3 is 20.9 Å². The number of nitrogens with two attached hydrogens (primary N) is 1. The highest BCUT2D eigenvalue weighted by Crippen LogP contribution is 2.51. The van der Waals surface area contributed by atoms with Gasteiger partial charge in [-0.1, -0.05) is 12.1 Å². The highest BCUT2D eigenvalue weighted by molar-refractivity contribution is 5.89. The number of rotatable bonds is 8. The van der Waals surface area contributed by atoms with Crippen molar-refractivity contribution in [2.24, 2.45) is 23.5 Å². The molecule has 0 bridgehead atoms. The number of carbonyl (C=O) groups is 2. The van der Waals surface area contributed by atoms with Crippen molar-refractivity contribution in [3.63, 3.8) is 0 Å². The Morgan fingerprint density at radius 3 is 2.25 bits per heavy atom. The summed E-state index contributed by atoms with van der Waals surface area (Å²) in [6.07, 6.45) is 2.60. The smallest absolute Gasteiger partial charge is 0.338 e. The molecule has 2 saturated heterocycles. The average molecular weight is 551 g/mol. The van der Waals surface area contributed by atoms with E-state index in [9.17, 15) is 14.4 Å². The van der Waals surface area contributed by atoms with Gasteiger partial charge in [0.25, 0.3) is 0 Å². The number of benzene rings is 1. The highest BCUT2D eigenvalue weighted by atomic mass is 16.2. The summed E-state index contributed by atoms with van der Waals surface area (Å²) in [7, 11) is 2.04. The first kappa shape index (κ1) is 28.3. The maximum atomic E-state index is 12.8. The third kappa shape index (κ3) is 6.06. The molecular formula is C29H42N8O3. The van der Waals surface area contributed by atoms with Gasteiger partial charge >= 0.3 is 11.7 Å². The minimum Gasteiger partial charge on any atom is -0.338 e. The van der Waals surface area contributed by atoms with E-state index in [2.05, 4.69) is 39.6 Å². The Bertz CT molecular complexity index is 1270. The molecule has 3 aliphatic rings. The van der Waals surface area contributed by atoms with Gasteiger partial charge in [-0.05, 0) is 82.3 Å². The lowest BCUT2D eigenvalue weighted by Gasteiger charge is -2.37. The summed E-state index contributed by atoms with van der Waals surface area (Å²) < 4.78 is 1.47. The molecule has 2 aliphatic heterocycles. The monoisotopic (exact) mass is 550 g/mol. The van der Waals surface area contributed by atoms with Crippen LogP contribution >= 0.6 is 0 Å². The van der Waals surface area contributed by atoms with E-state index in [0.717, 1.165) is 36.4 Å². The first-order chi connectivity index (χ1) is 19.0. The molecule has 1 aliphatic carbocycles. The van der Waals surface area contributed by atoms with Crippen molar-refractivity contribution in [3.8, 4) is 5.69 Å². The fourth-order valence-corrected chi connectivity index (χ4v) is 6.22. The van der Waals surface area contributed by atoms with Gasteiger partial charge in [0.15, 0.2) is 0 Å². The van der Waals surface area contributed by atoms with E-state index >= 15 is 0 Å². The molecule has 1 aromatic heterocycles. The van der Waals surface area contributed by atoms with Gasteiger partial charge in [0.2, 0.25) is 5.91 Å². The number of nitrogens with one attached hydrogen (secondary N) is 2. The summed E-state index contributed by atoms with van der Waals surface area (Å²) in [5, 5.41) is 6.02. The first-order valence-electron chi connectivity index (χ1n) is 14.3. The number of likely N-dealkylation sites (tertiary alicyclic amines) is 1. The second kappa shape index (κ2) is 11.3. The van der Waals surface area contributed by atoms with E-state index in [4.69, 9.17) is 5.73 Å².